The number of nitrogens with one attached hydrogen (secondary N) is 1. The van der Waals surface area contributed by atoms with E-state index in [0.717, 1.165) is 17.8 Å². The molecular weight excluding hydrogens is 374 g/mol. The molecule has 6 nitrogen and oxygen atoms in total. The number of hydrogen-bond donors (Lipinski definition) is 3. The second-order valence-electron chi connectivity index (χ2n) is 6.35. The second kappa shape index (κ2) is 8.67. The minimum atomic E-state index is -0.700. The van der Waals surface area contributed by atoms with Crippen molar-refractivity contribution < 1.29 is 14.7 Å². The highest BCUT2D eigenvalue weighted by Gasteiger charge is 2.19. The number of primary amides is 1. The number of benzene rings is 2. The van der Waals surface area contributed by atoms with Gasteiger partial charge in [0.25, 0.3) is 11.8 Å². The van der Waals surface area contributed by atoms with Gasteiger partial charge in [-0.1, -0.05) is 31.5 Å². The van der Waals surface area contributed by atoms with Crippen molar-refractivity contribution >= 4 is 23.2 Å². The van der Waals surface area contributed by atoms with Crippen molar-refractivity contribution in [3.8, 4) is 17.0 Å². The van der Waals surface area contributed by atoms with E-state index < -0.39 is 5.91 Å². The Labute approximate surface area is 167 Å². The van der Waals surface area contributed by atoms with Gasteiger partial charge in [0, 0.05) is 16.5 Å². The molecule has 2 aromatic carbocycles. The molecule has 0 bridgehead atoms. The number of rotatable bonds is 7. The first-order valence-corrected chi connectivity index (χ1v) is 9.82. The first-order valence-electron chi connectivity index (χ1n) is 8.94. The SMILES string of the molecule is CCCC(NC(=O)c1ccccc1)c1nc(-c2ccc(O)c(C(N)=O)c2)cs1. The fourth-order valence-electron chi connectivity index (χ4n) is 2.85. The fourth-order valence-corrected chi connectivity index (χ4v) is 3.76. The number of carbonyl (C=O) groups is 2. The van der Waals surface area contributed by atoms with Gasteiger partial charge in [0.15, 0.2) is 0 Å². The van der Waals surface area contributed by atoms with Crippen molar-refractivity contribution in [3.05, 3.63) is 70.0 Å². The molecule has 0 aliphatic carbocycles. The van der Waals surface area contributed by atoms with Crippen molar-refractivity contribution in [2.75, 3.05) is 0 Å². The van der Waals surface area contributed by atoms with Gasteiger partial charge < -0.3 is 16.2 Å². The molecule has 2 amide bonds. The molecular formula is C21H21N3O3S. The van der Waals surface area contributed by atoms with Crippen LogP contribution in [0.15, 0.2) is 53.9 Å². The predicted molar refractivity (Wildman–Crippen MR) is 109 cm³/mol. The molecule has 1 heterocycles. The van der Waals surface area contributed by atoms with E-state index in [-0.39, 0.29) is 23.3 Å². The number of hydrogen-bond acceptors (Lipinski definition) is 5. The number of amides is 2. The Morgan fingerprint density at radius 3 is 2.64 bits per heavy atom. The third-order valence-electron chi connectivity index (χ3n) is 4.30. The summed E-state index contributed by atoms with van der Waals surface area (Å²) in [6, 6.07) is 13.5. The zero-order chi connectivity index (χ0) is 20.1. The smallest absolute Gasteiger partial charge is 0.252 e. The lowest BCUT2D eigenvalue weighted by Crippen LogP contribution is -2.28. The minimum absolute atomic E-state index is 0.0505. The van der Waals surface area contributed by atoms with Gasteiger partial charge in [0.2, 0.25) is 0 Å². The first kappa shape index (κ1) is 19.6. The van der Waals surface area contributed by atoms with Crippen LogP contribution in [0, 0.1) is 0 Å². The summed E-state index contributed by atoms with van der Waals surface area (Å²) in [6.45, 7) is 2.05. The van der Waals surface area contributed by atoms with Crippen LogP contribution < -0.4 is 11.1 Å². The number of nitrogens with two attached hydrogens (primary N) is 1. The number of nitrogens with zero attached hydrogens (tertiary/aromatic N) is 1. The maximum atomic E-state index is 12.5. The molecule has 144 valence electrons. The van der Waals surface area contributed by atoms with Gasteiger partial charge in [-0.3, -0.25) is 9.59 Å². The van der Waals surface area contributed by atoms with Crippen LogP contribution >= 0.6 is 11.3 Å². The number of phenols is 1. The van der Waals surface area contributed by atoms with Gasteiger partial charge in [-0.2, -0.15) is 0 Å². The normalized spacial score (nSPS) is 11.8. The van der Waals surface area contributed by atoms with Crippen LogP contribution in [0.5, 0.6) is 5.75 Å². The Morgan fingerprint density at radius 2 is 1.96 bits per heavy atom. The maximum absolute atomic E-state index is 12.5. The van der Waals surface area contributed by atoms with E-state index >= 15 is 0 Å². The molecule has 1 atom stereocenters. The monoisotopic (exact) mass is 395 g/mol. The highest BCUT2D eigenvalue weighted by atomic mass is 32.1. The number of carbonyl (C=O) groups excluding carboxylic acids is 2. The summed E-state index contributed by atoms with van der Waals surface area (Å²) in [4.78, 5) is 28.6. The van der Waals surface area contributed by atoms with Crippen molar-refractivity contribution in [2.45, 2.75) is 25.8 Å². The maximum Gasteiger partial charge on any atom is 0.252 e. The topological polar surface area (TPSA) is 105 Å². The van der Waals surface area contributed by atoms with E-state index in [9.17, 15) is 14.7 Å². The van der Waals surface area contributed by atoms with Crippen LogP contribution in [0.2, 0.25) is 0 Å². The molecule has 4 N–H and O–H groups in total. The summed E-state index contributed by atoms with van der Waals surface area (Å²) in [6.07, 6.45) is 1.65. The second-order valence-corrected chi connectivity index (χ2v) is 7.24. The average Bonchev–Trinajstić information content (AvgIpc) is 3.18. The van der Waals surface area contributed by atoms with E-state index in [1.54, 1.807) is 18.2 Å². The van der Waals surface area contributed by atoms with Gasteiger partial charge in [0.1, 0.15) is 10.8 Å². The summed E-state index contributed by atoms with van der Waals surface area (Å²) in [5.41, 5.74) is 7.30. The molecule has 0 fully saturated rings. The average molecular weight is 395 g/mol. The third-order valence-corrected chi connectivity index (χ3v) is 5.25. The summed E-state index contributed by atoms with van der Waals surface area (Å²) >= 11 is 1.44. The highest BCUT2D eigenvalue weighted by molar-refractivity contribution is 7.10. The fraction of sp³-hybridized carbons (Fsp3) is 0.190. The summed E-state index contributed by atoms with van der Waals surface area (Å²) in [7, 11) is 0. The van der Waals surface area contributed by atoms with Crippen LogP contribution in [0.4, 0.5) is 0 Å². The Bertz CT molecular complexity index is 986. The van der Waals surface area contributed by atoms with E-state index in [1.165, 1.54) is 23.5 Å². The minimum Gasteiger partial charge on any atom is -0.507 e. The van der Waals surface area contributed by atoms with Gasteiger partial charge >= 0.3 is 0 Å². The predicted octanol–water partition coefficient (Wildman–Crippen LogP) is 3.89. The number of thiazole rings is 1. The molecule has 0 radical (unpaired) electrons. The van der Waals surface area contributed by atoms with E-state index in [0.29, 0.717) is 16.8 Å². The van der Waals surface area contributed by atoms with Gasteiger partial charge in [-0.15, -0.1) is 11.3 Å². The van der Waals surface area contributed by atoms with Crippen molar-refractivity contribution in [1.82, 2.24) is 10.3 Å². The molecule has 1 unspecified atom stereocenters. The zero-order valence-electron chi connectivity index (χ0n) is 15.4. The van der Waals surface area contributed by atoms with Gasteiger partial charge in [-0.25, -0.2) is 4.98 Å². The van der Waals surface area contributed by atoms with Crippen LogP contribution in [0.3, 0.4) is 0 Å². The Kier molecular flexibility index (Phi) is 6.06. The largest absolute Gasteiger partial charge is 0.507 e. The lowest BCUT2D eigenvalue weighted by molar-refractivity contribution is 0.0933. The van der Waals surface area contributed by atoms with Crippen LogP contribution in [-0.2, 0) is 0 Å². The lowest BCUT2D eigenvalue weighted by atomic mass is 10.1. The number of aromatic hydroxyl groups is 1. The quantitative estimate of drug-likeness (QED) is 0.564. The summed E-state index contributed by atoms with van der Waals surface area (Å²) in [5.74, 6) is -1.00. The van der Waals surface area contributed by atoms with E-state index in [1.807, 2.05) is 23.6 Å². The molecule has 3 rings (SSSR count). The highest BCUT2D eigenvalue weighted by Crippen LogP contribution is 2.30. The molecule has 7 heteroatoms. The molecule has 0 saturated carbocycles. The van der Waals surface area contributed by atoms with E-state index in [2.05, 4.69) is 17.2 Å². The molecule has 0 aliphatic heterocycles. The van der Waals surface area contributed by atoms with E-state index in [4.69, 9.17) is 5.73 Å². The van der Waals surface area contributed by atoms with Crippen LogP contribution in [-0.4, -0.2) is 21.9 Å². The molecule has 3 aromatic rings. The molecule has 0 aliphatic rings. The zero-order valence-corrected chi connectivity index (χ0v) is 16.2. The standard InChI is InChI=1S/C21H21N3O3S/c1-2-6-16(23-20(27)13-7-4-3-5-8-13)21-24-17(12-28-21)14-9-10-18(25)15(11-14)19(22)26/h3-5,7-12,16,25H,2,6H2,1H3,(H2,22,26)(H,23,27). The molecule has 28 heavy (non-hydrogen) atoms. The Balaban J connectivity index is 1.84. The van der Waals surface area contributed by atoms with Gasteiger partial charge in [0.05, 0.1) is 17.3 Å². The Morgan fingerprint density at radius 1 is 1.21 bits per heavy atom. The Hall–Kier alpha value is -3.19. The van der Waals surface area contributed by atoms with Crippen molar-refractivity contribution in [2.24, 2.45) is 5.73 Å². The summed E-state index contributed by atoms with van der Waals surface area (Å²) in [5, 5.41) is 15.5. The first-order chi connectivity index (χ1) is 13.5. The van der Waals surface area contributed by atoms with Crippen molar-refractivity contribution in [1.29, 1.82) is 0 Å². The lowest BCUT2D eigenvalue weighted by Gasteiger charge is -2.15. The van der Waals surface area contributed by atoms with Crippen LogP contribution in [0.25, 0.3) is 11.3 Å². The third kappa shape index (κ3) is 4.37. The number of aromatic nitrogens is 1. The van der Waals surface area contributed by atoms with Crippen molar-refractivity contribution in [3.63, 3.8) is 0 Å². The summed E-state index contributed by atoms with van der Waals surface area (Å²) < 4.78 is 0. The van der Waals surface area contributed by atoms with Gasteiger partial charge in [-0.05, 0) is 36.8 Å². The molecule has 0 spiro atoms. The molecule has 1 aromatic heterocycles. The molecule has 0 saturated heterocycles. The van der Waals surface area contributed by atoms with Crippen LogP contribution in [0.1, 0.15) is 51.5 Å².